The van der Waals surface area contributed by atoms with E-state index in [1.54, 1.807) is 19.2 Å². The maximum atomic E-state index is 12.6. The van der Waals surface area contributed by atoms with Crippen LogP contribution in [0.2, 0.25) is 0 Å². The molecule has 0 amide bonds. The van der Waals surface area contributed by atoms with E-state index in [9.17, 15) is 8.42 Å². The normalized spacial score (nSPS) is 12.9. The van der Waals surface area contributed by atoms with Crippen LogP contribution in [0.3, 0.4) is 0 Å². The highest BCUT2D eigenvalue weighted by Gasteiger charge is 2.18. The average Bonchev–Trinajstić information content (AvgIpc) is 2.61. The Morgan fingerprint density at radius 2 is 1.58 bits per heavy atom. The van der Waals surface area contributed by atoms with E-state index < -0.39 is 10.0 Å². The Balaban J connectivity index is 1.85. The Labute approximate surface area is 142 Å². The maximum absolute atomic E-state index is 12.6. The van der Waals surface area contributed by atoms with Gasteiger partial charge in [-0.2, -0.15) is 0 Å². The molecule has 3 rings (SSSR count). The van der Waals surface area contributed by atoms with Crippen LogP contribution in [-0.4, -0.2) is 15.5 Å². The number of hydrogen-bond donors (Lipinski definition) is 1. The van der Waals surface area contributed by atoms with Crippen LogP contribution < -0.4 is 9.46 Å². The van der Waals surface area contributed by atoms with E-state index in [1.807, 2.05) is 61.5 Å². The van der Waals surface area contributed by atoms with Gasteiger partial charge in [0.25, 0.3) is 0 Å². The minimum Gasteiger partial charge on any atom is -0.497 e. The highest BCUT2D eigenvalue weighted by Crippen LogP contribution is 2.22. The van der Waals surface area contributed by atoms with E-state index in [-0.39, 0.29) is 10.9 Å². The number of rotatable bonds is 5. The van der Waals surface area contributed by atoms with Crippen molar-refractivity contribution in [1.82, 2.24) is 4.72 Å². The smallest absolute Gasteiger partial charge is 0.241 e. The van der Waals surface area contributed by atoms with E-state index in [4.69, 9.17) is 4.74 Å². The number of hydrogen-bond acceptors (Lipinski definition) is 3. The first-order valence-corrected chi connectivity index (χ1v) is 9.13. The number of fused-ring (bicyclic) bond motifs is 1. The molecule has 0 heterocycles. The molecule has 0 aliphatic carbocycles. The third-order valence-corrected chi connectivity index (χ3v) is 5.52. The maximum Gasteiger partial charge on any atom is 0.241 e. The molecule has 5 heteroatoms. The summed E-state index contributed by atoms with van der Waals surface area (Å²) >= 11 is 0. The summed E-state index contributed by atoms with van der Waals surface area (Å²) < 4.78 is 33.1. The van der Waals surface area contributed by atoms with Crippen LogP contribution in [0.25, 0.3) is 10.8 Å². The van der Waals surface area contributed by atoms with E-state index >= 15 is 0 Å². The molecule has 4 nitrogen and oxygen atoms in total. The van der Waals surface area contributed by atoms with Crippen molar-refractivity contribution in [3.05, 3.63) is 72.3 Å². The molecule has 3 aromatic carbocycles. The van der Waals surface area contributed by atoms with Crippen LogP contribution >= 0.6 is 0 Å². The van der Waals surface area contributed by atoms with Crippen molar-refractivity contribution in [2.75, 3.05) is 7.11 Å². The fraction of sp³-hybridized carbons (Fsp3) is 0.158. The fourth-order valence-electron chi connectivity index (χ4n) is 2.60. The number of nitrogens with one attached hydrogen (secondary N) is 1. The van der Waals surface area contributed by atoms with Gasteiger partial charge in [0.05, 0.1) is 12.0 Å². The Hall–Kier alpha value is -2.37. The molecule has 1 N–H and O–H groups in total. The summed E-state index contributed by atoms with van der Waals surface area (Å²) in [6, 6.07) is 19.8. The van der Waals surface area contributed by atoms with Gasteiger partial charge in [-0.25, -0.2) is 13.1 Å². The summed E-state index contributed by atoms with van der Waals surface area (Å²) in [6.07, 6.45) is 0. The number of sulfonamides is 1. The molecule has 0 aromatic heterocycles. The zero-order chi connectivity index (χ0) is 17.2. The van der Waals surface area contributed by atoms with Crippen molar-refractivity contribution in [2.24, 2.45) is 0 Å². The van der Waals surface area contributed by atoms with E-state index in [1.165, 1.54) is 0 Å². The summed E-state index contributed by atoms with van der Waals surface area (Å²) in [5, 5.41) is 1.91. The third kappa shape index (κ3) is 3.42. The molecule has 0 aliphatic heterocycles. The minimum atomic E-state index is -3.60. The van der Waals surface area contributed by atoms with Crippen molar-refractivity contribution in [3.63, 3.8) is 0 Å². The largest absolute Gasteiger partial charge is 0.497 e. The van der Waals surface area contributed by atoms with Gasteiger partial charge in [-0.05, 0) is 47.5 Å². The SMILES string of the molecule is COc1ccc(C(C)NS(=O)(=O)c2ccc3ccccc3c2)cc1. The van der Waals surface area contributed by atoms with Crippen molar-refractivity contribution >= 4 is 20.8 Å². The minimum absolute atomic E-state index is 0.265. The van der Waals surface area contributed by atoms with Crippen molar-refractivity contribution in [1.29, 1.82) is 0 Å². The number of ether oxygens (including phenoxy) is 1. The van der Waals surface area contributed by atoms with Crippen LogP contribution in [0.5, 0.6) is 5.75 Å². The number of benzene rings is 3. The molecule has 0 aliphatic rings. The van der Waals surface area contributed by atoms with E-state index in [0.717, 1.165) is 22.1 Å². The predicted molar refractivity (Wildman–Crippen MR) is 95.7 cm³/mol. The van der Waals surface area contributed by atoms with Crippen LogP contribution in [0.4, 0.5) is 0 Å². The molecule has 0 saturated carbocycles. The number of methoxy groups -OCH3 is 1. The first-order valence-electron chi connectivity index (χ1n) is 7.65. The first-order chi connectivity index (χ1) is 11.5. The van der Waals surface area contributed by atoms with Gasteiger partial charge >= 0.3 is 0 Å². The molecule has 0 bridgehead atoms. The summed E-state index contributed by atoms with van der Waals surface area (Å²) in [6.45, 7) is 1.82. The summed E-state index contributed by atoms with van der Waals surface area (Å²) in [5.41, 5.74) is 0.875. The molecule has 1 atom stereocenters. The Morgan fingerprint density at radius 1 is 0.917 bits per heavy atom. The quantitative estimate of drug-likeness (QED) is 0.766. The van der Waals surface area contributed by atoms with Gasteiger partial charge in [-0.15, -0.1) is 0 Å². The lowest BCUT2D eigenvalue weighted by Gasteiger charge is -2.15. The van der Waals surface area contributed by atoms with E-state index in [2.05, 4.69) is 4.72 Å². The average molecular weight is 341 g/mol. The molecule has 24 heavy (non-hydrogen) atoms. The monoisotopic (exact) mass is 341 g/mol. The topological polar surface area (TPSA) is 55.4 Å². The molecule has 1 unspecified atom stereocenters. The van der Waals surface area contributed by atoms with Crippen molar-refractivity contribution in [2.45, 2.75) is 17.9 Å². The Kier molecular flexibility index (Phi) is 4.55. The lowest BCUT2D eigenvalue weighted by Crippen LogP contribution is -2.26. The van der Waals surface area contributed by atoms with Gasteiger partial charge in [0.2, 0.25) is 10.0 Å². The standard InChI is InChI=1S/C19H19NO3S/c1-14(15-7-10-18(23-2)11-8-15)20-24(21,22)19-12-9-16-5-3-4-6-17(16)13-19/h3-14,20H,1-2H3. The molecular formula is C19H19NO3S. The molecule has 3 aromatic rings. The van der Waals surface area contributed by atoms with Crippen molar-refractivity contribution < 1.29 is 13.2 Å². The zero-order valence-electron chi connectivity index (χ0n) is 13.6. The van der Waals surface area contributed by atoms with Crippen LogP contribution in [-0.2, 0) is 10.0 Å². The van der Waals surface area contributed by atoms with Gasteiger partial charge in [0, 0.05) is 6.04 Å². The second kappa shape index (κ2) is 6.63. The van der Waals surface area contributed by atoms with E-state index in [0.29, 0.717) is 0 Å². The van der Waals surface area contributed by atoms with Crippen LogP contribution in [0.1, 0.15) is 18.5 Å². The van der Waals surface area contributed by atoms with Gasteiger partial charge in [-0.1, -0.05) is 42.5 Å². The van der Waals surface area contributed by atoms with Crippen molar-refractivity contribution in [3.8, 4) is 5.75 Å². The Bertz CT molecular complexity index is 950. The van der Waals surface area contributed by atoms with Gasteiger partial charge < -0.3 is 4.74 Å². The molecule has 0 radical (unpaired) electrons. The lowest BCUT2D eigenvalue weighted by atomic mass is 10.1. The fourth-order valence-corrected chi connectivity index (χ4v) is 3.86. The second-order valence-electron chi connectivity index (χ2n) is 5.63. The zero-order valence-corrected chi connectivity index (χ0v) is 14.4. The lowest BCUT2D eigenvalue weighted by molar-refractivity contribution is 0.414. The van der Waals surface area contributed by atoms with Gasteiger partial charge in [-0.3, -0.25) is 0 Å². The highest BCUT2D eigenvalue weighted by atomic mass is 32.2. The second-order valence-corrected chi connectivity index (χ2v) is 7.34. The summed E-state index contributed by atoms with van der Waals surface area (Å²) in [4.78, 5) is 0.265. The molecule has 0 fully saturated rings. The third-order valence-electron chi connectivity index (χ3n) is 3.98. The van der Waals surface area contributed by atoms with Gasteiger partial charge in [0.15, 0.2) is 0 Å². The van der Waals surface area contributed by atoms with Gasteiger partial charge in [0.1, 0.15) is 5.75 Å². The predicted octanol–water partition coefficient (Wildman–Crippen LogP) is 3.89. The molecule has 124 valence electrons. The molecule has 0 spiro atoms. The molecular weight excluding hydrogens is 322 g/mol. The highest BCUT2D eigenvalue weighted by molar-refractivity contribution is 7.89. The molecule has 0 saturated heterocycles. The Morgan fingerprint density at radius 3 is 2.25 bits per heavy atom. The van der Waals surface area contributed by atoms with Crippen LogP contribution in [0.15, 0.2) is 71.6 Å². The summed E-state index contributed by atoms with van der Waals surface area (Å²) in [7, 11) is -2.00. The summed E-state index contributed by atoms with van der Waals surface area (Å²) in [5.74, 6) is 0.739. The first kappa shape index (κ1) is 16.5. The van der Waals surface area contributed by atoms with Crippen LogP contribution in [0, 0.1) is 0 Å².